The van der Waals surface area contributed by atoms with Gasteiger partial charge in [-0.2, -0.15) is 0 Å². The minimum Gasteiger partial charge on any atom is -0.508 e. The van der Waals surface area contributed by atoms with E-state index in [1.807, 2.05) is 12.1 Å². The topological polar surface area (TPSA) is 40.5 Å². The van der Waals surface area contributed by atoms with E-state index < -0.39 is 5.60 Å². The zero-order valence-electron chi connectivity index (χ0n) is 16.0. The third-order valence-electron chi connectivity index (χ3n) is 7.91. The first-order valence-electron chi connectivity index (χ1n) is 10.7. The fourth-order valence-corrected chi connectivity index (χ4v) is 6.89. The molecule has 0 spiro atoms. The Labute approximate surface area is 165 Å². The summed E-state index contributed by atoms with van der Waals surface area (Å²) in [5, 5.41) is 24.1. The van der Waals surface area contributed by atoms with Gasteiger partial charge in [0.05, 0.1) is 5.60 Å². The van der Waals surface area contributed by atoms with Gasteiger partial charge in [-0.3, -0.25) is 0 Å². The average molecular weight is 370 g/mol. The van der Waals surface area contributed by atoms with Gasteiger partial charge in [0.15, 0.2) is 0 Å². The van der Waals surface area contributed by atoms with Crippen molar-refractivity contribution in [2.75, 3.05) is 0 Å². The van der Waals surface area contributed by atoms with Gasteiger partial charge in [-0.25, -0.2) is 0 Å². The second-order valence-corrected chi connectivity index (χ2v) is 9.38. The molecule has 0 aliphatic heterocycles. The SMILES string of the molecule is Oc1ccc(-c2cccc3c(C4(O)C5CC6CC(C5)CC4C6)cccc23)cc1. The van der Waals surface area contributed by atoms with Crippen molar-refractivity contribution in [3.05, 3.63) is 66.2 Å². The van der Waals surface area contributed by atoms with Gasteiger partial charge >= 0.3 is 0 Å². The van der Waals surface area contributed by atoms with Gasteiger partial charge in [-0.05, 0) is 95.4 Å². The molecule has 0 aromatic heterocycles. The molecule has 7 rings (SSSR count). The molecular weight excluding hydrogens is 344 g/mol. The molecule has 4 fully saturated rings. The van der Waals surface area contributed by atoms with E-state index in [0.29, 0.717) is 11.8 Å². The summed E-state index contributed by atoms with van der Waals surface area (Å²) in [5.74, 6) is 2.78. The minimum absolute atomic E-state index is 0.285. The van der Waals surface area contributed by atoms with Gasteiger partial charge in [0.25, 0.3) is 0 Å². The Morgan fingerprint density at radius 3 is 1.96 bits per heavy atom. The molecule has 4 aliphatic rings. The Hall–Kier alpha value is -2.32. The molecule has 0 radical (unpaired) electrons. The molecule has 2 heteroatoms. The molecule has 28 heavy (non-hydrogen) atoms. The lowest BCUT2D eigenvalue weighted by Gasteiger charge is -2.59. The molecule has 4 saturated carbocycles. The van der Waals surface area contributed by atoms with Crippen LogP contribution >= 0.6 is 0 Å². The smallest absolute Gasteiger partial charge is 0.115 e. The lowest BCUT2D eigenvalue weighted by molar-refractivity contribution is -0.178. The van der Waals surface area contributed by atoms with Crippen LogP contribution in [0.3, 0.4) is 0 Å². The summed E-state index contributed by atoms with van der Waals surface area (Å²) in [6.45, 7) is 0. The predicted octanol–water partition coefficient (Wildman–Crippen LogP) is 5.86. The van der Waals surface area contributed by atoms with Crippen LogP contribution in [0.25, 0.3) is 21.9 Å². The molecule has 2 N–H and O–H groups in total. The number of hydrogen-bond donors (Lipinski definition) is 2. The van der Waals surface area contributed by atoms with Crippen molar-refractivity contribution in [1.82, 2.24) is 0 Å². The quantitative estimate of drug-likeness (QED) is 0.593. The van der Waals surface area contributed by atoms with Gasteiger partial charge < -0.3 is 10.2 Å². The molecule has 142 valence electrons. The first kappa shape index (κ1) is 16.6. The Kier molecular flexibility index (Phi) is 3.47. The monoisotopic (exact) mass is 370 g/mol. The number of benzene rings is 3. The summed E-state index contributed by atoms with van der Waals surface area (Å²) in [6, 6.07) is 20.3. The zero-order valence-corrected chi connectivity index (χ0v) is 16.0. The largest absolute Gasteiger partial charge is 0.508 e. The number of rotatable bonds is 2. The lowest BCUT2D eigenvalue weighted by Crippen LogP contribution is -2.55. The lowest BCUT2D eigenvalue weighted by atomic mass is 9.48. The highest BCUT2D eigenvalue weighted by atomic mass is 16.3. The van der Waals surface area contributed by atoms with E-state index in [0.717, 1.165) is 28.5 Å². The second kappa shape index (κ2) is 5.84. The fraction of sp³-hybridized carbons (Fsp3) is 0.385. The minimum atomic E-state index is -0.680. The second-order valence-electron chi connectivity index (χ2n) is 9.38. The van der Waals surface area contributed by atoms with Gasteiger partial charge in [-0.15, -0.1) is 0 Å². The summed E-state index contributed by atoms with van der Waals surface area (Å²) in [4.78, 5) is 0. The molecule has 0 saturated heterocycles. The number of aromatic hydroxyl groups is 1. The van der Waals surface area contributed by atoms with E-state index in [4.69, 9.17) is 0 Å². The number of phenols is 1. The van der Waals surface area contributed by atoms with Crippen LogP contribution in [0.15, 0.2) is 60.7 Å². The molecule has 3 aromatic carbocycles. The van der Waals surface area contributed by atoms with Crippen molar-refractivity contribution in [1.29, 1.82) is 0 Å². The number of hydrogen-bond acceptors (Lipinski definition) is 2. The Bertz CT molecular complexity index is 1020. The third-order valence-corrected chi connectivity index (χ3v) is 7.91. The summed E-state index contributed by atoms with van der Waals surface area (Å²) >= 11 is 0. The average Bonchev–Trinajstić information content (AvgIpc) is 2.71. The molecule has 2 nitrogen and oxygen atoms in total. The molecule has 4 aliphatic carbocycles. The predicted molar refractivity (Wildman–Crippen MR) is 112 cm³/mol. The van der Waals surface area contributed by atoms with Crippen molar-refractivity contribution in [2.24, 2.45) is 23.7 Å². The normalized spacial score (nSPS) is 33.5. The highest BCUT2D eigenvalue weighted by Gasteiger charge is 2.57. The van der Waals surface area contributed by atoms with Crippen LogP contribution < -0.4 is 0 Å². The highest BCUT2D eigenvalue weighted by molar-refractivity contribution is 5.98. The van der Waals surface area contributed by atoms with E-state index in [2.05, 4.69) is 36.4 Å². The van der Waals surface area contributed by atoms with Gasteiger partial charge in [-0.1, -0.05) is 48.5 Å². The molecule has 0 amide bonds. The van der Waals surface area contributed by atoms with Crippen LogP contribution in [0, 0.1) is 23.7 Å². The first-order valence-corrected chi connectivity index (χ1v) is 10.7. The van der Waals surface area contributed by atoms with Crippen molar-refractivity contribution in [3.8, 4) is 16.9 Å². The van der Waals surface area contributed by atoms with Gasteiger partial charge in [0.2, 0.25) is 0 Å². The maximum Gasteiger partial charge on any atom is 0.115 e. The maximum absolute atomic E-state index is 12.1. The van der Waals surface area contributed by atoms with Crippen molar-refractivity contribution < 1.29 is 10.2 Å². The summed E-state index contributed by atoms with van der Waals surface area (Å²) in [7, 11) is 0. The van der Waals surface area contributed by atoms with Crippen LogP contribution in [-0.4, -0.2) is 10.2 Å². The molecule has 0 atom stereocenters. The molecular formula is C26H26O2. The first-order chi connectivity index (χ1) is 13.6. The van der Waals surface area contributed by atoms with Crippen LogP contribution in [-0.2, 0) is 5.60 Å². The Morgan fingerprint density at radius 1 is 0.679 bits per heavy atom. The third kappa shape index (κ3) is 2.24. The van der Waals surface area contributed by atoms with E-state index >= 15 is 0 Å². The van der Waals surface area contributed by atoms with Crippen molar-refractivity contribution in [3.63, 3.8) is 0 Å². The summed E-state index contributed by atoms with van der Waals surface area (Å²) < 4.78 is 0. The molecule has 0 unspecified atom stereocenters. The Balaban J connectivity index is 1.53. The van der Waals surface area contributed by atoms with E-state index in [1.54, 1.807) is 12.1 Å². The highest BCUT2D eigenvalue weighted by Crippen LogP contribution is 2.62. The van der Waals surface area contributed by atoms with E-state index in [9.17, 15) is 10.2 Å². The number of phenolic OH excluding ortho intramolecular Hbond substituents is 1. The summed E-state index contributed by atoms with van der Waals surface area (Å²) in [5.41, 5.74) is 2.71. The molecule has 3 aromatic rings. The van der Waals surface area contributed by atoms with Gasteiger partial charge in [0, 0.05) is 0 Å². The van der Waals surface area contributed by atoms with Crippen LogP contribution in [0.2, 0.25) is 0 Å². The van der Waals surface area contributed by atoms with Crippen molar-refractivity contribution in [2.45, 2.75) is 37.7 Å². The van der Waals surface area contributed by atoms with Gasteiger partial charge in [0.1, 0.15) is 5.75 Å². The molecule has 4 bridgehead atoms. The standard InChI is InChI=1S/C26H26O2/c27-21-9-7-18(8-10-21)22-3-1-5-24-23(22)4-2-6-25(24)26(28)19-12-16-11-17(14-19)15-20(26)13-16/h1-10,16-17,19-20,27-28H,11-15H2. The Morgan fingerprint density at radius 2 is 1.29 bits per heavy atom. The summed E-state index contributed by atoms with van der Waals surface area (Å²) in [6.07, 6.45) is 6.16. The number of fused-ring (bicyclic) bond motifs is 1. The van der Waals surface area contributed by atoms with Crippen LogP contribution in [0.5, 0.6) is 5.75 Å². The molecule has 0 heterocycles. The van der Waals surface area contributed by atoms with Crippen molar-refractivity contribution >= 4 is 10.8 Å². The fourth-order valence-electron chi connectivity index (χ4n) is 6.89. The van der Waals surface area contributed by atoms with Crippen LogP contribution in [0.1, 0.15) is 37.7 Å². The maximum atomic E-state index is 12.1. The number of aliphatic hydroxyl groups is 1. The van der Waals surface area contributed by atoms with E-state index in [1.165, 1.54) is 42.9 Å². The zero-order chi connectivity index (χ0) is 18.9. The van der Waals surface area contributed by atoms with E-state index in [-0.39, 0.29) is 5.75 Å². The van der Waals surface area contributed by atoms with Crippen LogP contribution in [0.4, 0.5) is 0 Å².